The molecule has 0 saturated heterocycles. The molecular weight excluding hydrogens is 314 g/mol. The second kappa shape index (κ2) is 6.90. The lowest BCUT2D eigenvalue weighted by atomic mass is 10.0. The summed E-state index contributed by atoms with van der Waals surface area (Å²) in [6.45, 7) is 3.17. The Kier molecular flexibility index (Phi) is 5.10. The lowest BCUT2D eigenvalue weighted by Gasteiger charge is -2.18. The van der Waals surface area contributed by atoms with Crippen molar-refractivity contribution in [3.63, 3.8) is 0 Å². The van der Waals surface area contributed by atoms with Gasteiger partial charge in [-0.25, -0.2) is 9.59 Å². The Morgan fingerprint density at radius 3 is 2.46 bits per heavy atom. The molecule has 0 unspecified atom stereocenters. The van der Waals surface area contributed by atoms with Crippen molar-refractivity contribution in [1.82, 2.24) is 4.98 Å². The molecule has 0 spiro atoms. The van der Waals surface area contributed by atoms with E-state index in [1.54, 1.807) is 25.1 Å². The second-order valence-electron chi connectivity index (χ2n) is 5.93. The van der Waals surface area contributed by atoms with Crippen LogP contribution < -0.4 is 11.1 Å². The fraction of sp³-hybridized carbons (Fsp3) is 0.375. The van der Waals surface area contributed by atoms with Crippen LogP contribution in [0.5, 0.6) is 0 Å². The molecule has 0 aliphatic rings. The molecule has 0 aliphatic carbocycles. The number of hydrogen-bond acceptors (Lipinski definition) is 5. The zero-order valence-corrected chi connectivity index (χ0v) is 13.4. The Morgan fingerprint density at radius 2 is 1.96 bits per heavy atom. The molecule has 0 fully saturated rings. The molecule has 0 aliphatic heterocycles. The van der Waals surface area contributed by atoms with Crippen LogP contribution in [0, 0.1) is 0 Å². The summed E-state index contributed by atoms with van der Waals surface area (Å²) in [7, 11) is 0. The summed E-state index contributed by atoms with van der Waals surface area (Å²) >= 11 is 0. The fourth-order valence-corrected chi connectivity index (χ4v) is 2.63. The average Bonchev–Trinajstić information content (AvgIpc) is 2.81. The number of aliphatic hydroxyl groups is 1. The molecule has 1 heterocycles. The number of carboxylic acids is 2. The van der Waals surface area contributed by atoms with Gasteiger partial charge in [0.2, 0.25) is 0 Å². The smallest absolute Gasteiger partial charge is 0.352 e. The third kappa shape index (κ3) is 3.66. The Balaban J connectivity index is 2.44. The number of aromatic amines is 1. The number of hydrogen-bond donors (Lipinski definition) is 6. The van der Waals surface area contributed by atoms with Crippen molar-refractivity contribution < 1.29 is 24.9 Å². The van der Waals surface area contributed by atoms with Gasteiger partial charge in [0.1, 0.15) is 5.69 Å². The van der Waals surface area contributed by atoms with E-state index >= 15 is 0 Å². The molecule has 3 atom stereocenters. The zero-order valence-electron chi connectivity index (χ0n) is 13.4. The maximum absolute atomic E-state index is 11.4. The number of nitrogens with one attached hydrogen (secondary N) is 2. The van der Waals surface area contributed by atoms with Gasteiger partial charge in [-0.3, -0.25) is 0 Å². The molecule has 0 amide bonds. The standard InChI is InChI=1S/C16H21N3O5/c1-7(17)5-11-10-4-3-9(18-13(8(2)20)15(21)22)6-12(10)19-14(11)16(23)24/h3-4,6-8,13,18-20H,5,17H2,1-2H3,(H,21,22)(H,23,24)/t7-,8-,13+/m1/s1. The van der Waals surface area contributed by atoms with Crippen LogP contribution in [0.3, 0.4) is 0 Å². The molecule has 24 heavy (non-hydrogen) atoms. The molecule has 130 valence electrons. The highest BCUT2D eigenvalue weighted by Crippen LogP contribution is 2.27. The van der Waals surface area contributed by atoms with Crippen molar-refractivity contribution in [3.8, 4) is 0 Å². The van der Waals surface area contributed by atoms with Crippen LogP contribution in [0.1, 0.15) is 29.9 Å². The van der Waals surface area contributed by atoms with E-state index in [2.05, 4.69) is 10.3 Å². The lowest BCUT2D eigenvalue weighted by Crippen LogP contribution is -2.38. The summed E-state index contributed by atoms with van der Waals surface area (Å²) in [6.07, 6.45) is -0.690. The first-order chi connectivity index (χ1) is 11.2. The largest absolute Gasteiger partial charge is 0.480 e. The summed E-state index contributed by atoms with van der Waals surface area (Å²) in [5, 5.41) is 31.4. The van der Waals surface area contributed by atoms with Gasteiger partial charge in [-0.15, -0.1) is 0 Å². The Hall–Kier alpha value is -2.58. The molecule has 0 saturated carbocycles. The van der Waals surface area contributed by atoms with Gasteiger partial charge in [0.15, 0.2) is 6.04 Å². The number of aromatic nitrogens is 1. The van der Waals surface area contributed by atoms with E-state index in [9.17, 15) is 19.8 Å². The molecule has 1 aromatic carbocycles. The summed E-state index contributed by atoms with van der Waals surface area (Å²) in [5.41, 5.74) is 7.50. The van der Waals surface area contributed by atoms with Gasteiger partial charge >= 0.3 is 11.9 Å². The number of benzene rings is 1. The van der Waals surface area contributed by atoms with Crippen molar-refractivity contribution >= 4 is 28.5 Å². The van der Waals surface area contributed by atoms with Gasteiger partial charge in [0, 0.05) is 22.6 Å². The van der Waals surface area contributed by atoms with Crippen LogP contribution in [0.2, 0.25) is 0 Å². The first-order valence-electron chi connectivity index (χ1n) is 7.51. The van der Waals surface area contributed by atoms with E-state index < -0.39 is 24.1 Å². The number of fused-ring (bicyclic) bond motifs is 1. The number of aliphatic carboxylic acids is 1. The van der Waals surface area contributed by atoms with Crippen LogP contribution >= 0.6 is 0 Å². The van der Waals surface area contributed by atoms with Gasteiger partial charge < -0.3 is 31.4 Å². The Labute approximate surface area is 138 Å². The highest BCUT2D eigenvalue weighted by molar-refractivity contribution is 5.98. The van der Waals surface area contributed by atoms with Gasteiger partial charge in [0.25, 0.3) is 0 Å². The van der Waals surface area contributed by atoms with Crippen molar-refractivity contribution in [1.29, 1.82) is 0 Å². The second-order valence-corrected chi connectivity index (χ2v) is 5.93. The number of aromatic carboxylic acids is 1. The number of carbonyl (C=O) groups is 2. The topological polar surface area (TPSA) is 149 Å². The number of anilines is 1. The molecule has 2 rings (SSSR count). The van der Waals surface area contributed by atoms with Crippen molar-refractivity contribution in [3.05, 3.63) is 29.5 Å². The van der Waals surface area contributed by atoms with E-state index in [4.69, 9.17) is 10.8 Å². The lowest BCUT2D eigenvalue weighted by molar-refractivity contribution is -0.140. The first kappa shape index (κ1) is 17.8. The van der Waals surface area contributed by atoms with Crippen molar-refractivity contribution in [2.45, 2.75) is 38.5 Å². The minimum atomic E-state index is -1.18. The van der Waals surface area contributed by atoms with Crippen LogP contribution in [-0.2, 0) is 11.2 Å². The van der Waals surface area contributed by atoms with E-state index in [0.717, 1.165) is 5.39 Å². The molecule has 1 aromatic heterocycles. The molecule has 8 nitrogen and oxygen atoms in total. The van der Waals surface area contributed by atoms with Crippen LogP contribution in [0.4, 0.5) is 5.69 Å². The van der Waals surface area contributed by atoms with Crippen molar-refractivity contribution in [2.75, 3.05) is 5.32 Å². The van der Waals surface area contributed by atoms with Crippen LogP contribution in [-0.4, -0.2) is 50.4 Å². The van der Waals surface area contributed by atoms with Crippen LogP contribution in [0.15, 0.2) is 18.2 Å². The Morgan fingerprint density at radius 1 is 1.29 bits per heavy atom. The van der Waals surface area contributed by atoms with Crippen molar-refractivity contribution in [2.24, 2.45) is 5.73 Å². The highest BCUT2D eigenvalue weighted by atomic mass is 16.4. The Bertz CT molecular complexity index is 766. The summed E-state index contributed by atoms with van der Waals surface area (Å²) in [6, 6.07) is 3.60. The van der Waals surface area contributed by atoms with E-state index in [0.29, 0.717) is 23.2 Å². The van der Waals surface area contributed by atoms with Gasteiger partial charge in [-0.2, -0.15) is 0 Å². The predicted molar refractivity (Wildman–Crippen MR) is 89.3 cm³/mol. The summed E-state index contributed by atoms with van der Waals surface area (Å²) < 4.78 is 0. The maximum Gasteiger partial charge on any atom is 0.352 e. The SMILES string of the molecule is C[C@@H](N)Cc1c(C(=O)O)[nH]c2cc(N[C@H](C(=O)O)[C@@H](C)O)ccc12. The molecular formula is C16H21N3O5. The minimum Gasteiger partial charge on any atom is -0.480 e. The monoisotopic (exact) mass is 335 g/mol. The fourth-order valence-electron chi connectivity index (χ4n) is 2.63. The van der Waals surface area contributed by atoms with E-state index in [-0.39, 0.29) is 11.7 Å². The normalized spacial score (nSPS) is 15.0. The average molecular weight is 335 g/mol. The highest BCUT2D eigenvalue weighted by Gasteiger charge is 2.23. The molecule has 0 radical (unpaired) electrons. The quantitative estimate of drug-likeness (QED) is 0.442. The first-order valence-corrected chi connectivity index (χ1v) is 7.51. The van der Waals surface area contributed by atoms with E-state index in [1.807, 2.05) is 0 Å². The number of nitrogens with two attached hydrogens (primary N) is 1. The maximum atomic E-state index is 11.4. The van der Waals surface area contributed by atoms with Gasteiger partial charge in [-0.1, -0.05) is 6.07 Å². The molecule has 8 heteroatoms. The third-order valence-corrected chi connectivity index (χ3v) is 3.72. The number of H-pyrrole nitrogens is 1. The molecule has 2 aromatic rings. The summed E-state index contributed by atoms with van der Waals surface area (Å²) in [4.78, 5) is 25.4. The van der Waals surface area contributed by atoms with Gasteiger partial charge in [0.05, 0.1) is 6.10 Å². The third-order valence-electron chi connectivity index (χ3n) is 3.72. The van der Waals surface area contributed by atoms with E-state index in [1.165, 1.54) is 6.92 Å². The molecule has 7 N–H and O–H groups in total. The summed E-state index contributed by atoms with van der Waals surface area (Å²) in [5.74, 6) is -2.26. The number of carboxylic acid groups (broad SMARTS) is 2. The van der Waals surface area contributed by atoms with Crippen LogP contribution in [0.25, 0.3) is 10.9 Å². The zero-order chi connectivity index (χ0) is 18.0. The number of rotatable bonds is 7. The minimum absolute atomic E-state index is 0.0739. The van der Waals surface area contributed by atoms with Gasteiger partial charge in [-0.05, 0) is 38.0 Å². The number of aliphatic hydroxyl groups excluding tert-OH is 1. The predicted octanol–water partition coefficient (Wildman–Crippen LogP) is 1.00. The molecule has 0 bridgehead atoms.